The molecule has 0 bridgehead atoms. The van der Waals surface area contributed by atoms with Gasteiger partial charge in [-0.1, -0.05) is 59.7 Å². The summed E-state index contributed by atoms with van der Waals surface area (Å²) in [6.07, 6.45) is 0.352. The van der Waals surface area contributed by atoms with E-state index in [-0.39, 0.29) is 11.8 Å². The maximum absolute atomic E-state index is 11.7. The van der Waals surface area contributed by atoms with Gasteiger partial charge in [0.2, 0.25) is 5.91 Å². The molecule has 0 saturated heterocycles. The molecule has 4 heteroatoms. The van der Waals surface area contributed by atoms with Gasteiger partial charge in [0.05, 0.1) is 13.2 Å². The van der Waals surface area contributed by atoms with E-state index in [9.17, 15) is 4.79 Å². The summed E-state index contributed by atoms with van der Waals surface area (Å²) in [5.74, 6) is 0.103. The van der Waals surface area contributed by atoms with Gasteiger partial charge < -0.3 is 15.8 Å². The summed E-state index contributed by atoms with van der Waals surface area (Å²) in [6, 6.07) is 16.6. The van der Waals surface area contributed by atoms with E-state index in [0.29, 0.717) is 32.7 Å². The van der Waals surface area contributed by atoms with Crippen molar-refractivity contribution in [3.63, 3.8) is 0 Å². The zero-order valence-electron chi connectivity index (χ0n) is 15.1. The molecular weight excluding hydrogens is 312 g/mol. The third kappa shape index (κ3) is 6.69. The second-order valence-corrected chi connectivity index (χ2v) is 6.46. The monoisotopic (exact) mass is 340 g/mol. The van der Waals surface area contributed by atoms with E-state index in [0.717, 1.165) is 5.56 Å². The number of carbonyl (C=O) groups is 1. The lowest BCUT2D eigenvalue weighted by Crippen LogP contribution is -2.31. The largest absolute Gasteiger partial charge is 0.376 e. The first kappa shape index (κ1) is 19.2. The van der Waals surface area contributed by atoms with Crippen LogP contribution in [0.4, 0.5) is 0 Å². The molecule has 0 aliphatic carbocycles. The van der Waals surface area contributed by atoms with Crippen molar-refractivity contribution in [1.29, 1.82) is 0 Å². The maximum Gasteiger partial charge on any atom is 0.221 e. The number of carbonyl (C=O) groups excluding carboxylic acids is 1. The van der Waals surface area contributed by atoms with E-state index in [2.05, 4.69) is 49.5 Å². The number of hydrogen-bond acceptors (Lipinski definition) is 3. The molecule has 1 atom stereocenters. The quantitative estimate of drug-likeness (QED) is 0.737. The Kier molecular flexibility index (Phi) is 7.64. The van der Waals surface area contributed by atoms with Gasteiger partial charge in [-0.05, 0) is 25.0 Å². The van der Waals surface area contributed by atoms with Crippen LogP contribution in [0.25, 0.3) is 0 Å². The fourth-order valence-corrected chi connectivity index (χ4v) is 2.93. The van der Waals surface area contributed by atoms with Crippen LogP contribution in [0.5, 0.6) is 0 Å². The van der Waals surface area contributed by atoms with Gasteiger partial charge in [0.15, 0.2) is 0 Å². The molecule has 0 radical (unpaired) electrons. The fourth-order valence-electron chi connectivity index (χ4n) is 2.93. The molecule has 0 aliphatic heterocycles. The van der Waals surface area contributed by atoms with E-state index >= 15 is 0 Å². The minimum absolute atomic E-state index is 0.0160. The molecule has 134 valence electrons. The van der Waals surface area contributed by atoms with Gasteiger partial charge in [-0.2, -0.15) is 0 Å². The smallest absolute Gasteiger partial charge is 0.221 e. The predicted molar refractivity (Wildman–Crippen MR) is 101 cm³/mol. The van der Waals surface area contributed by atoms with Crippen molar-refractivity contribution >= 4 is 5.91 Å². The van der Waals surface area contributed by atoms with Crippen LogP contribution in [0.3, 0.4) is 0 Å². The molecule has 0 aliphatic rings. The van der Waals surface area contributed by atoms with Crippen molar-refractivity contribution in [2.45, 2.75) is 32.8 Å². The first-order chi connectivity index (χ1) is 12.1. The normalized spacial score (nSPS) is 12.0. The Morgan fingerprint density at radius 3 is 2.44 bits per heavy atom. The van der Waals surface area contributed by atoms with Crippen LogP contribution >= 0.6 is 0 Å². The summed E-state index contributed by atoms with van der Waals surface area (Å²) in [5, 5.41) is 2.95. The molecule has 0 heterocycles. The standard InChI is InChI=1S/C21H28N2O2/c1-16-10-17(2)12-18(11-16)14-25-15-20(13-23-21(24)8-9-22)19-6-4-3-5-7-19/h3-7,10-12,20H,8-9,13-15,22H2,1-2H3,(H,23,24). The molecule has 4 nitrogen and oxygen atoms in total. The number of benzene rings is 2. The van der Waals surface area contributed by atoms with Gasteiger partial charge in [-0.15, -0.1) is 0 Å². The Bertz CT molecular complexity index is 651. The van der Waals surface area contributed by atoms with E-state index in [1.54, 1.807) is 0 Å². The number of nitrogens with one attached hydrogen (secondary N) is 1. The lowest BCUT2D eigenvalue weighted by Gasteiger charge is -2.18. The van der Waals surface area contributed by atoms with Crippen molar-refractivity contribution in [1.82, 2.24) is 5.32 Å². The summed E-state index contributed by atoms with van der Waals surface area (Å²) >= 11 is 0. The summed E-state index contributed by atoms with van der Waals surface area (Å²) in [6.45, 7) is 6.23. The Hall–Kier alpha value is -2.17. The number of ether oxygens (including phenoxy) is 1. The highest BCUT2D eigenvalue weighted by atomic mass is 16.5. The van der Waals surface area contributed by atoms with Crippen molar-refractivity contribution in [2.24, 2.45) is 5.73 Å². The van der Waals surface area contributed by atoms with E-state index in [1.165, 1.54) is 16.7 Å². The third-order valence-corrected chi connectivity index (χ3v) is 4.06. The number of nitrogens with two attached hydrogens (primary N) is 1. The maximum atomic E-state index is 11.7. The Morgan fingerprint density at radius 1 is 1.12 bits per heavy atom. The molecule has 0 spiro atoms. The minimum atomic E-state index is -0.0160. The van der Waals surface area contributed by atoms with Gasteiger partial charge in [-0.3, -0.25) is 4.79 Å². The van der Waals surface area contributed by atoms with Crippen LogP contribution in [0.1, 0.15) is 34.6 Å². The Labute approximate surface area is 150 Å². The van der Waals surface area contributed by atoms with Crippen LogP contribution < -0.4 is 11.1 Å². The van der Waals surface area contributed by atoms with Gasteiger partial charge in [0.25, 0.3) is 0 Å². The van der Waals surface area contributed by atoms with Crippen molar-refractivity contribution in [2.75, 3.05) is 19.7 Å². The first-order valence-electron chi connectivity index (χ1n) is 8.75. The topological polar surface area (TPSA) is 64.3 Å². The average Bonchev–Trinajstić information content (AvgIpc) is 2.58. The molecular formula is C21H28N2O2. The SMILES string of the molecule is Cc1cc(C)cc(COCC(CNC(=O)CCN)c2ccccc2)c1. The number of amides is 1. The van der Waals surface area contributed by atoms with Crippen LogP contribution in [-0.4, -0.2) is 25.6 Å². The number of rotatable bonds is 9. The highest BCUT2D eigenvalue weighted by Crippen LogP contribution is 2.17. The van der Waals surface area contributed by atoms with Crippen LogP contribution in [0.15, 0.2) is 48.5 Å². The summed E-state index contributed by atoms with van der Waals surface area (Å²) < 4.78 is 5.96. The molecule has 0 saturated carbocycles. The molecule has 1 unspecified atom stereocenters. The average molecular weight is 340 g/mol. The molecule has 0 aromatic heterocycles. The highest BCUT2D eigenvalue weighted by Gasteiger charge is 2.13. The number of aryl methyl sites for hydroxylation is 2. The van der Waals surface area contributed by atoms with Crippen LogP contribution in [0, 0.1) is 13.8 Å². The molecule has 1 amide bonds. The molecule has 2 aromatic rings. The predicted octanol–water partition coefficient (Wildman–Crippen LogP) is 3.07. The van der Waals surface area contributed by atoms with Crippen molar-refractivity contribution < 1.29 is 9.53 Å². The summed E-state index contributed by atoms with van der Waals surface area (Å²) in [4.78, 5) is 11.7. The zero-order chi connectivity index (χ0) is 18.1. The van der Waals surface area contributed by atoms with E-state index < -0.39 is 0 Å². The fraction of sp³-hybridized carbons (Fsp3) is 0.381. The van der Waals surface area contributed by atoms with Crippen molar-refractivity contribution in [3.8, 4) is 0 Å². The zero-order valence-corrected chi connectivity index (χ0v) is 15.1. The molecule has 0 fully saturated rings. The van der Waals surface area contributed by atoms with Crippen molar-refractivity contribution in [3.05, 3.63) is 70.8 Å². The second kappa shape index (κ2) is 9.97. The molecule has 2 rings (SSSR count). The van der Waals surface area contributed by atoms with Gasteiger partial charge in [0, 0.05) is 25.4 Å². The highest BCUT2D eigenvalue weighted by molar-refractivity contribution is 5.76. The van der Waals surface area contributed by atoms with Crippen LogP contribution in [0.2, 0.25) is 0 Å². The third-order valence-electron chi connectivity index (χ3n) is 4.06. The second-order valence-electron chi connectivity index (χ2n) is 6.46. The summed E-state index contributed by atoms with van der Waals surface area (Å²) in [5.41, 5.74) is 10.3. The van der Waals surface area contributed by atoms with E-state index in [4.69, 9.17) is 10.5 Å². The van der Waals surface area contributed by atoms with Gasteiger partial charge >= 0.3 is 0 Å². The lowest BCUT2D eigenvalue weighted by molar-refractivity contribution is -0.121. The Balaban J connectivity index is 1.94. The summed E-state index contributed by atoms with van der Waals surface area (Å²) in [7, 11) is 0. The Morgan fingerprint density at radius 2 is 1.80 bits per heavy atom. The van der Waals surface area contributed by atoms with Gasteiger partial charge in [0.1, 0.15) is 0 Å². The molecule has 2 aromatic carbocycles. The molecule has 25 heavy (non-hydrogen) atoms. The number of hydrogen-bond donors (Lipinski definition) is 2. The molecule has 3 N–H and O–H groups in total. The minimum Gasteiger partial charge on any atom is -0.376 e. The first-order valence-corrected chi connectivity index (χ1v) is 8.75. The van der Waals surface area contributed by atoms with Gasteiger partial charge in [-0.25, -0.2) is 0 Å². The lowest BCUT2D eigenvalue weighted by atomic mass is 10.00. The van der Waals surface area contributed by atoms with E-state index in [1.807, 2.05) is 18.2 Å². The van der Waals surface area contributed by atoms with Crippen LogP contribution in [-0.2, 0) is 16.1 Å².